The van der Waals surface area contributed by atoms with Gasteiger partial charge in [0.15, 0.2) is 23.1 Å². The number of Topliss-reactive ketones (excluding diaryl/α,β-unsaturated/α-hetero) is 1. The summed E-state index contributed by atoms with van der Waals surface area (Å²) < 4.78 is 6.16. The number of aliphatic hydroxyl groups is 3. The van der Waals surface area contributed by atoms with Crippen molar-refractivity contribution in [1.82, 2.24) is 4.98 Å². The molecule has 2 heterocycles. The fraction of sp³-hybridized carbons (Fsp3) is 0.472. The molecule has 9 bridgehead atoms. The molecule has 1 aromatic heterocycles. The van der Waals surface area contributed by atoms with Gasteiger partial charge in [0, 0.05) is 70.7 Å². The van der Waals surface area contributed by atoms with Gasteiger partial charge in [-0.1, -0.05) is 70.2 Å². The number of hydrogen-bond acceptors (Lipinski definition) is 12. The highest BCUT2D eigenvalue weighted by molar-refractivity contribution is 8.76. The van der Waals surface area contributed by atoms with Crippen LogP contribution in [0.4, 0.5) is 0 Å². The third-order valence-electron chi connectivity index (χ3n) is 15.5. The Kier molecular flexibility index (Phi) is 13.6. The van der Waals surface area contributed by atoms with Gasteiger partial charge < -0.3 is 46.7 Å². The fourth-order valence-electron chi connectivity index (χ4n) is 12.2. The second-order valence-electron chi connectivity index (χ2n) is 19.6. The van der Waals surface area contributed by atoms with Crippen LogP contribution >= 0.6 is 21.6 Å². The van der Waals surface area contributed by atoms with Gasteiger partial charge in [-0.2, -0.15) is 0 Å². The first kappa shape index (κ1) is 46.6. The summed E-state index contributed by atoms with van der Waals surface area (Å²) in [5.74, 6) is 8.20. The molecule has 4 aromatic rings. The average molecular weight is 932 g/mol. The summed E-state index contributed by atoms with van der Waals surface area (Å²) in [4.78, 5) is 31.2. The zero-order valence-corrected chi connectivity index (χ0v) is 38.9. The molecule has 0 amide bonds. The minimum atomic E-state index is -0.907. The van der Waals surface area contributed by atoms with Gasteiger partial charge in [0.1, 0.15) is 5.75 Å². The summed E-state index contributed by atoms with van der Waals surface area (Å²) in [6, 6.07) is 16.4. The maximum atomic E-state index is 14.2. The number of ether oxygens (including phenoxy) is 1. The van der Waals surface area contributed by atoms with E-state index in [1.54, 1.807) is 64.2 Å². The maximum absolute atomic E-state index is 14.2. The molecule has 66 heavy (non-hydrogen) atoms. The van der Waals surface area contributed by atoms with Crippen molar-refractivity contribution in [2.24, 2.45) is 34.1 Å². The SMILES string of the molecule is NC(N)c1cc2c3cc1CSSC[C@@]14C[C@H]5CC[C@]1(O)C[C@@](/C=C\C(=O)CCc1ccc(O)c(c1)OCCc1ccc(O)c(c1)[C@@H]3CC(=O)c1cc[nH]c1CC#C2)(C4)[C@H]5CCC[C@H](O)CO. The van der Waals surface area contributed by atoms with Crippen molar-refractivity contribution in [1.29, 1.82) is 0 Å². The van der Waals surface area contributed by atoms with E-state index >= 15 is 0 Å². The molecule has 348 valence electrons. The number of fused-ring (bicyclic) bond motifs is 8. The molecule has 13 heteroatoms. The molecule has 3 fully saturated rings. The zero-order valence-electron chi connectivity index (χ0n) is 37.3. The van der Waals surface area contributed by atoms with Gasteiger partial charge in [0.05, 0.1) is 37.5 Å². The van der Waals surface area contributed by atoms with Crippen LogP contribution in [0.3, 0.4) is 0 Å². The van der Waals surface area contributed by atoms with Gasteiger partial charge in [-0.15, -0.1) is 0 Å². The number of aromatic hydroxyl groups is 2. The number of phenols is 2. The molecule has 5 aliphatic rings. The number of aryl methyl sites for hydroxylation is 1. The number of carbonyl (C=O) groups is 2. The monoisotopic (exact) mass is 931 g/mol. The number of benzene rings is 3. The molecule has 11 nitrogen and oxygen atoms in total. The van der Waals surface area contributed by atoms with Crippen LogP contribution in [0.25, 0.3) is 0 Å². The summed E-state index contributed by atoms with van der Waals surface area (Å²) in [5, 5.41) is 55.0. The Balaban J connectivity index is 1.10. The second kappa shape index (κ2) is 19.2. The fourth-order valence-corrected chi connectivity index (χ4v) is 15.0. The van der Waals surface area contributed by atoms with Crippen LogP contribution in [0.5, 0.6) is 17.2 Å². The summed E-state index contributed by atoms with van der Waals surface area (Å²) in [6.45, 7) is -0.0557. The van der Waals surface area contributed by atoms with Crippen LogP contribution in [0.2, 0.25) is 0 Å². The smallest absolute Gasteiger partial charge is 0.165 e. The van der Waals surface area contributed by atoms with E-state index in [-0.39, 0.29) is 60.5 Å². The standard InChI is InChI=1S/C53H61N3O8S2/c54-50(55)41-23-34-3-1-6-45-39(15-19-56-45)48(62)25-42-40(34)24-36(41)28-65-66-31-52-26-35-13-18-53(52,63)30-51(29-52,44(35)5-2-4-38(59)27-57)17-14-37(58)10-7-32-9-12-47(61)49(22-32)64-20-16-33-8-11-46(60)43(42)21-33/h8-9,11-12,14-15,17,19,21-24,35,38,42,44,50,56-57,59-61,63H,2,4-7,10,13,16,18,20,25-31,54-55H2/b17-14-/t35-,38+,42-,44+,51-,52+,53+/m1/s1. The van der Waals surface area contributed by atoms with Gasteiger partial charge in [0.25, 0.3) is 0 Å². The Morgan fingerprint density at radius 1 is 0.955 bits per heavy atom. The first-order valence-corrected chi connectivity index (χ1v) is 25.9. The molecule has 7 atom stereocenters. The van der Waals surface area contributed by atoms with Crippen molar-refractivity contribution in [3.63, 3.8) is 0 Å². The minimum absolute atomic E-state index is 0.00388. The number of ketones is 2. The Morgan fingerprint density at radius 3 is 2.59 bits per heavy atom. The van der Waals surface area contributed by atoms with E-state index in [1.165, 1.54) is 0 Å². The normalized spacial score (nSPS) is 28.5. The molecule has 1 spiro atoms. The highest BCUT2D eigenvalue weighted by Crippen LogP contribution is 2.73. The second-order valence-corrected chi connectivity index (χ2v) is 22.0. The van der Waals surface area contributed by atoms with E-state index in [1.807, 2.05) is 18.2 Å². The van der Waals surface area contributed by atoms with Crippen molar-refractivity contribution in [2.45, 2.75) is 113 Å². The van der Waals surface area contributed by atoms with Gasteiger partial charge in [-0.3, -0.25) is 9.59 Å². The summed E-state index contributed by atoms with van der Waals surface area (Å²) in [5.41, 5.74) is 18.1. The van der Waals surface area contributed by atoms with E-state index in [9.17, 15) is 35.1 Å². The lowest BCUT2D eigenvalue weighted by Crippen LogP contribution is -2.52. The Bertz CT molecular complexity index is 2580. The highest BCUT2D eigenvalue weighted by Gasteiger charge is 2.70. The van der Waals surface area contributed by atoms with Crippen molar-refractivity contribution in [3.05, 3.63) is 123 Å². The predicted octanol–water partition coefficient (Wildman–Crippen LogP) is 7.68. The van der Waals surface area contributed by atoms with Crippen LogP contribution in [0, 0.1) is 34.5 Å². The Morgan fingerprint density at radius 2 is 1.77 bits per heavy atom. The number of aliphatic hydroxyl groups excluding tert-OH is 2. The summed E-state index contributed by atoms with van der Waals surface area (Å²) >= 11 is 0. The zero-order chi connectivity index (χ0) is 46.2. The molecule has 4 aliphatic carbocycles. The first-order valence-electron chi connectivity index (χ1n) is 23.4. The summed E-state index contributed by atoms with van der Waals surface area (Å²) in [7, 11) is 3.43. The lowest BCUT2D eigenvalue weighted by Gasteiger charge is -2.54. The Hall–Kier alpha value is -4.52. The third-order valence-corrected chi connectivity index (χ3v) is 18.0. The molecular weight excluding hydrogens is 871 g/mol. The Labute approximate surface area is 394 Å². The quantitative estimate of drug-likeness (QED) is 0.0532. The van der Waals surface area contributed by atoms with Crippen LogP contribution in [-0.2, 0) is 29.8 Å². The lowest BCUT2D eigenvalue weighted by molar-refractivity contribution is -0.114. The predicted molar refractivity (Wildman–Crippen MR) is 258 cm³/mol. The number of carbonyl (C=O) groups excluding carboxylic acids is 2. The molecule has 3 aromatic carbocycles. The van der Waals surface area contributed by atoms with Crippen LogP contribution in [-0.4, -0.2) is 72.8 Å². The number of nitrogens with two attached hydrogens (primary N) is 2. The molecule has 3 saturated carbocycles. The number of aromatic nitrogens is 1. The van der Waals surface area contributed by atoms with Crippen molar-refractivity contribution in [2.75, 3.05) is 19.0 Å². The van der Waals surface area contributed by atoms with E-state index < -0.39 is 29.2 Å². The van der Waals surface area contributed by atoms with Gasteiger partial charge >= 0.3 is 0 Å². The molecule has 9 rings (SSSR count). The number of phenolic OH excluding ortho intramolecular Hbond substituents is 2. The van der Waals surface area contributed by atoms with E-state index in [0.29, 0.717) is 78.4 Å². The average Bonchev–Trinajstić information content (AvgIpc) is 3.83. The van der Waals surface area contributed by atoms with Crippen molar-refractivity contribution >= 4 is 33.2 Å². The van der Waals surface area contributed by atoms with E-state index in [2.05, 4.69) is 29.0 Å². The number of H-pyrrole nitrogens is 1. The largest absolute Gasteiger partial charge is 0.508 e. The maximum Gasteiger partial charge on any atom is 0.165 e. The van der Waals surface area contributed by atoms with Crippen LogP contribution < -0.4 is 16.2 Å². The molecule has 0 saturated heterocycles. The minimum Gasteiger partial charge on any atom is -0.508 e. The topological polar surface area (TPSA) is 212 Å². The number of rotatable bonds is 6. The van der Waals surface area contributed by atoms with Gasteiger partial charge in [-0.25, -0.2) is 0 Å². The van der Waals surface area contributed by atoms with Gasteiger partial charge in [-0.05, 0) is 133 Å². The van der Waals surface area contributed by atoms with E-state index in [4.69, 9.17) is 16.2 Å². The highest BCUT2D eigenvalue weighted by atomic mass is 33.1. The van der Waals surface area contributed by atoms with E-state index in [0.717, 1.165) is 65.6 Å². The lowest BCUT2D eigenvalue weighted by atomic mass is 9.53. The molecule has 10 N–H and O–H groups in total. The van der Waals surface area contributed by atoms with Crippen molar-refractivity contribution < 1.29 is 39.9 Å². The van der Waals surface area contributed by atoms with Gasteiger partial charge in [0.2, 0.25) is 0 Å². The number of hydrogen-bond donors (Lipinski definition) is 8. The number of allylic oxidation sites excluding steroid dienone is 2. The van der Waals surface area contributed by atoms with Crippen LogP contribution in [0.1, 0.15) is 131 Å². The third kappa shape index (κ3) is 9.23. The number of aromatic amines is 1. The molecule has 0 radical (unpaired) electrons. The number of nitrogens with one attached hydrogen (secondary N) is 1. The first-order chi connectivity index (χ1) is 31.8. The van der Waals surface area contributed by atoms with Crippen molar-refractivity contribution in [3.8, 4) is 29.1 Å². The molecule has 0 unspecified atom stereocenters. The summed E-state index contributed by atoms with van der Waals surface area (Å²) in [6.07, 6.45) is 11.6. The van der Waals surface area contributed by atoms with Crippen LogP contribution in [0.15, 0.2) is 72.9 Å². The molecule has 1 aliphatic heterocycles. The molecular formula is C53H61N3O8S2.